The average Bonchev–Trinajstić information content (AvgIpc) is 2.44. The zero-order chi connectivity index (χ0) is 15.4. The maximum absolute atomic E-state index is 12.4. The number of ether oxygens (including phenoxy) is 1. The molecule has 1 aromatic carbocycles. The molecule has 0 saturated heterocycles. The summed E-state index contributed by atoms with van der Waals surface area (Å²) in [5.41, 5.74) is 4.13. The van der Waals surface area contributed by atoms with Gasteiger partial charge in [0.15, 0.2) is 0 Å². The van der Waals surface area contributed by atoms with E-state index in [1.165, 1.54) is 16.7 Å². The van der Waals surface area contributed by atoms with E-state index >= 15 is 0 Å². The number of methoxy groups -OCH3 is 1. The first-order chi connectivity index (χ1) is 9.82. The Balaban J connectivity index is 2.15. The third kappa shape index (κ3) is 1.88. The van der Waals surface area contributed by atoms with Crippen LogP contribution in [0.3, 0.4) is 0 Å². The summed E-state index contributed by atoms with van der Waals surface area (Å²) >= 11 is 0. The topological polar surface area (TPSA) is 26.3 Å². The molecule has 2 atom stereocenters. The van der Waals surface area contributed by atoms with Gasteiger partial charge in [0.1, 0.15) is 11.5 Å². The Morgan fingerprint density at radius 1 is 1.19 bits per heavy atom. The maximum atomic E-state index is 12.4. The van der Waals surface area contributed by atoms with E-state index in [4.69, 9.17) is 4.74 Å². The number of carbonyl (C=O) groups excluding carboxylic acids is 1. The summed E-state index contributed by atoms with van der Waals surface area (Å²) in [4.78, 5) is 12.4. The zero-order valence-electron chi connectivity index (χ0n) is 13.9. The molecule has 0 unspecified atom stereocenters. The lowest BCUT2D eigenvalue weighted by Crippen LogP contribution is -2.52. The molecule has 0 aromatic heterocycles. The Morgan fingerprint density at radius 3 is 2.57 bits per heavy atom. The molecule has 0 aliphatic heterocycles. The predicted octanol–water partition coefficient (Wildman–Crippen LogP) is 4.21. The van der Waals surface area contributed by atoms with E-state index in [2.05, 4.69) is 39.8 Å². The van der Waals surface area contributed by atoms with Crippen LogP contribution in [0.25, 0.3) is 0 Å². The number of hydrogen-bond donors (Lipinski definition) is 0. The van der Waals surface area contributed by atoms with Gasteiger partial charge in [0.25, 0.3) is 0 Å². The van der Waals surface area contributed by atoms with Gasteiger partial charge >= 0.3 is 0 Å². The number of ketones is 1. The first-order valence-corrected chi connectivity index (χ1v) is 8.02. The standard InChI is InChI=1S/C19H26O2/c1-12-13-6-9-16-18(2,3)17(20)10-11-19(16,4)14(13)7-8-15(12)21-5/h7-8,16H,6,9-11H2,1-5H3/t16-,19+/m0/s1. The second-order valence-corrected chi connectivity index (χ2v) is 7.57. The molecule has 2 heteroatoms. The maximum Gasteiger partial charge on any atom is 0.138 e. The Labute approximate surface area is 127 Å². The number of rotatable bonds is 1. The van der Waals surface area contributed by atoms with Gasteiger partial charge in [0, 0.05) is 11.8 Å². The first kappa shape index (κ1) is 14.6. The predicted molar refractivity (Wildman–Crippen MR) is 84.9 cm³/mol. The van der Waals surface area contributed by atoms with Crippen molar-refractivity contribution in [3.05, 3.63) is 28.8 Å². The fourth-order valence-corrected chi connectivity index (χ4v) is 4.96. The van der Waals surface area contributed by atoms with Crippen molar-refractivity contribution in [2.45, 2.75) is 58.8 Å². The van der Waals surface area contributed by atoms with Crippen LogP contribution in [0.15, 0.2) is 12.1 Å². The molecule has 0 spiro atoms. The van der Waals surface area contributed by atoms with E-state index in [1.807, 2.05) is 0 Å². The van der Waals surface area contributed by atoms with Gasteiger partial charge in [0.05, 0.1) is 7.11 Å². The van der Waals surface area contributed by atoms with Gasteiger partial charge in [-0.1, -0.05) is 26.8 Å². The monoisotopic (exact) mass is 286 g/mol. The molecule has 2 aliphatic carbocycles. The van der Waals surface area contributed by atoms with Gasteiger partial charge in [-0.3, -0.25) is 4.79 Å². The van der Waals surface area contributed by atoms with Crippen molar-refractivity contribution in [1.82, 2.24) is 0 Å². The molecule has 0 heterocycles. The van der Waals surface area contributed by atoms with Crippen LogP contribution in [-0.4, -0.2) is 12.9 Å². The van der Waals surface area contributed by atoms with Crippen molar-refractivity contribution in [3.63, 3.8) is 0 Å². The molecule has 114 valence electrons. The quantitative estimate of drug-likeness (QED) is 0.773. The molecule has 1 aromatic rings. The minimum atomic E-state index is -0.196. The first-order valence-electron chi connectivity index (χ1n) is 8.02. The zero-order valence-corrected chi connectivity index (χ0v) is 13.9. The van der Waals surface area contributed by atoms with Gasteiger partial charge in [-0.05, 0) is 60.3 Å². The van der Waals surface area contributed by atoms with Crippen molar-refractivity contribution in [2.24, 2.45) is 11.3 Å². The molecule has 21 heavy (non-hydrogen) atoms. The third-order valence-corrected chi connectivity index (χ3v) is 6.30. The van der Waals surface area contributed by atoms with Gasteiger partial charge < -0.3 is 4.74 Å². The summed E-state index contributed by atoms with van der Waals surface area (Å²) in [6.45, 7) is 8.84. The molecule has 0 radical (unpaired) electrons. The molecule has 0 amide bonds. The summed E-state index contributed by atoms with van der Waals surface area (Å²) in [7, 11) is 1.74. The highest BCUT2D eigenvalue weighted by Gasteiger charge is 2.53. The Hall–Kier alpha value is -1.31. The van der Waals surface area contributed by atoms with E-state index in [0.717, 1.165) is 25.0 Å². The van der Waals surface area contributed by atoms with Crippen LogP contribution in [0.5, 0.6) is 5.75 Å². The van der Waals surface area contributed by atoms with Crippen molar-refractivity contribution < 1.29 is 9.53 Å². The molecule has 2 nitrogen and oxygen atoms in total. The van der Waals surface area contributed by atoms with Crippen molar-refractivity contribution in [3.8, 4) is 5.75 Å². The van der Waals surface area contributed by atoms with E-state index in [-0.39, 0.29) is 10.8 Å². The number of benzene rings is 1. The molecule has 2 aliphatic rings. The van der Waals surface area contributed by atoms with E-state index in [1.54, 1.807) is 7.11 Å². The number of carbonyl (C=O) groups is 1. The second-order valence-electron chi connectivity index (χ2n) is 7.57. The van der Waals surface area contributed by atoms with E-state index in [9.17, 15) is 4.79 Å². The fraction of sp³-hybridized carbons (Fsp3) is 0.632. The second kappa shape index (κ2) is 4.59. The summed E-state index contributed by atoms with van der Waals surface area (Å²) in [6, 6.07) is 4.35. The summed E-state index contributed by atoms with van der Waals surface area (Å²) in [5, 5.41) is 0. The molecule has 0 N–H and O–H groups in total. The summed E-state index contributed by atoms with van der Waals surface area (Å²) < 4.78 is 5.48. The van der Waals surface area contributed by atoms with Crippen LogP contribution in [0.4, 0.5) is 0 Å². The van der Waals surface area contributed by atoms with Crippen LogP contribution in [0.2, 0.25) is 0 Å². The third-order valence-electron chi connectivity index (χ3n) is 6.30. The Morgan fingerprint density at radius 2 is 1.90 bits per heavy atom. The van der Waals surface area contributed by atoms with Crippen LogP contribution in [0.1, 0.15) is 56.7 Å². The normalized spacial score (nSPS) is 30.5. The molecule has 3 rings (SSSR count). The number of fused-ring (bicyclic) bond motifs is 3. The summed E-state index contributed by atoms with van der Waals surface area (Å²) in [6.07, 6.45) is 3.87. The Bertz CT molecular complexity index is 600. The molecule has 0 bridgehead atoms. The van der Waals surface area contributed by atoms with Crippen LogP contribution < -0.4 is 4.74 Å². The highest BCUT2D eigenvalue weighted by atomic mass is 16.5. The molecule has 1 saturated carbocycles. The molecular formula is C19H26O2. The van der Waals surface area contributed by atoms with Crippen molar-refractivity contribution in [1.29, 1.82) is 0 Å². The van der Waals surface area contributed by atoms with Gasteiger partial charge in [0.2, 0.25) is 0 Å². The highest BCUT2D eigenvalue weighted by Crippen LogP contribution is 2.56. The minimum Gasteiger partial charge on any atom is -0.496 e. The van der Waals surface area contributed by atoms with E-state index in [0.29, 0.717) is 18.1 Å². The van der Waals surface area contributed by atoms with Crippen LogP contribution in [-0.2, 0) is 16.6 Å². The highest BCUT2D eigenvalue weighted by molar-refractivity contribution is 5.86. The van der Waals surface area contributed by atoms with Gasteiger partial charge in [-0.15, -0.1) is 0 Å². The summed E-state index contributed by atoms with van der Waals surface area (Å²) in [5.74, 6) is 1.88. The minimum absolute atomic E-state index is 0.127. The van der Waals surface area contributed by atoms with Crippen LogP contribution in [0, 0.1) is 18.3 Å². The number of Topliss-reactive ketones (excluding diaryl/α,β-unsaturated/α-hetero) is 1. The smallest absolute Gasteiger partial charge is 0.138 e. The fourth-order valence-electron chi connectivity index (χ4n) is 4.96. The van der Waals surface area contributed by atoms with Crippen LogP contribution >= 0.6 is 0 Å². The molecule has 1 fully saturated rings. The van der Waals surface area contributed by atoms with Crippen molar-refractivity contribution >= 4 is 5.78 Å². The SMILES string of the molecule is COc1ccc2c(c1C)CC[C@H]1C(C)(C)C(=O)CC[C@]21C. The van der Waals surface area contributed by atoms with E-state index < -0.39 is 0 Å². The Kier molecular flexibility index (Phi) is 3.20. The lowest BCUT2D eigenvalue weighted by molar-refractivity contribution is -0.137. The lowest BCUT2D eigenvalue weighted by Gasteiger charge is -2.53. The van der Waals surface area contributed by atoms with Gasteiger partial charge in [-0.2, -0.15) is 0 Å². The molecular weight excluding hydrogens is 260 g/mol. The number of hydrogen-bond acceptors (Lipinski definition) is 2. The average molecular weight is 286 g/mol. The van der Waals surface area contributed by atoms with Crippen molar-refractivity contribution in [2.75, 3.05) is 7.11 Å². The lowest BCUT2D eigenvalue weighted by atomic mass is 9.50. The largest absolute Gasteiger partial charge is 0.496 e. The van der Waals surface area contributed by atoms with Gasteiger partial charge in [-0.25, -0.2) is 0 Å².